The third-order valence-electron chi connectivity index (χ3n) is 4.77. The number of nitrogens with zero attached hydrogens (tertiary/aromatic N) is 2. The van der Waals surface area contributed by atoms with Gasteiger partial charge >= 0.3 is 0 Å². The third-order valence-corrected chi connectivity index (χ3v) is 4.77. The van der Waals surface area contributed by atoms with Crippen LogP contribution in [0, 0.1) is 12.7 Å². The zero-order chi connectivity index (χ0) is 18.1. The van der Waals surface area contributed by atoms with E-state index in [0.29, 0.717) is 22.2 Å². The molecule has 0 radical (unpaired) electrons. The van der Waals surface area contributed by atoms with Crippen LogP contribution in [0.15, 0.2) is 48.7 Å². The van der Waals surface area contributed by atoms with E-state index in [9.17, 15) is 9.18 Å². The van der Waals surface area contributed by atoms with Crippen molar-refractivity contribution >= 4 is 28.2 Å². The molecule has 1 fully saturated rings. The number of halogens is 1. The highest BCUT2D eigenvalue weighted by molar-refractivity contribution is 6.08. The minimum atomic E-state index is -0.350. The van der Waals surface area contributed by atoms with Gasteiger partial charge in [-0.05, 0) is 50.1 Å². The Hall–Kier alpha value is -2.95. The summed E-state index contributed by atoms with van der Waals surface area (Å²) in [6.07, 6.45) is 3.63. The second-order valence-corrected chi connectivity index (χ2v) is 6.70. The molecule has 2 heterocycles. The number of aryl methyl sites for hydroxylation is 1. The van der Waals surface area contributed by atoms with Crippen molar-refractivity contribution in [3.63, 3.8) is 0 Å². The molecule has 1 aromatic heterocycles. The van der Waals surface area contributed by atoms with Crippen molar-refractivity contribution in [2.75, 3.05) is 18.4 Å². The van der Waals surface area contributed by atoms with E-state index in [4.69, 9.17) is 0 Å². The summed E-state index contributed by atoms with van der Waals surface area (Å²) in [5, 5.41) is 3.93. The fourth-order valence-electron chi connectivity index (χ4n) is 3.33. The number of amides is 1. The Kier molecular flexibility index (Phi) is 4.29. The minimum Gasteiger partial charge on any atom is -0.354 e. The smallest absolute Gasteiger partial charge is 0.257 e. The van der Waals surface area contributed by atoms with Gasteiger partial charge in [-0.2, -0.15) is 0 Å². The van der Waals surface area contributed by atoms with E-state index in [0.717, 1.165) is 37.2 Å². The van der Waals surface area contributed by atoms with Crippen molar-refractivity contribution in [1.29, 1.82) is 0 Å². The number of nitrogens with one attached hydrogen (secondary N) is 1. The lowest BCUT2D eigenvalue weighted by atomic mass is 10.1. The molecule has 1 aliphatic heterocycles. The Balaban J connectivity index is 1.84. The Bertz CT molecular complexity index is 963. The molecule has 1 N–H and O–H groups in total. The maximum absolute atomic E-state index is 13.9. The molecule has 26 heavy (non-hydrogen) atoms. The number of pyridine rings is 1. The molecule has 4 nitrogen and oxygen atoms in total. The van der Waals surface area contributed by atoms with Gasteiger partial charge in [0.2, 0.25) is 0 Å². The maximum atomic E-state index is 13.9. The summed E-state index contributed by atoms with van der Waals surface area (Å²) in [4.78, 5) is 19.2. The summed E-state index contributed by atoms with van der Waals surface area (Å²) >= 11 is 0. The van der Waals surface area contributed by atoms with Crippen LogP contribution >= 0.6 is 0 Å². The SMILES string of the molecule is Cc1ccc(Nc2c(C(=O)N3CCCC3)cnc3ccc(F)cc23)cc1. The van der Waals surface area contributed by atoms with Crippen LogP contribution in [0.1, 0.15) is 28.8 Å². The normalized spacial score (nSPS) is 14.0. The summed E-state index contributed by atoms with van der Waals surface area (Å²) in [5.74, 6) is -0.409. The molecule has 1 saturated heterocycles. The quantitative estimate of drug-likeness (QED) is 0.748. The summed E-state index contributed by atoms with van der Waals surface area (Å²) < 4.78 is 13.9. The van der Waals surface area contributed by atoms with Gasteiger partial charge in [0.25, 0.3) is 5.91 Å². The predicted molar refractivity (Wildman–Crippen MR) is 101 cm³/mol. The zero-order valence-electron chi connectivity index (χ0n) is 14.6. The zero-order valence-corrected chi connectivity index (χ0v) is 14.6. The Labute approximate surface area is 151 Å². The number of likely N-dealkylation sites (tertiary alicyclic amines) is 1. The molecule has 0 atom stereocenters. The standard InChI is InChI=1S/C21H20FN3O/c1-14-4-7-16(8-5-14)24-20-17-12-15(22)6-9-19(17)23-13-18(20)21(26)25-10-2-3-11-25/h4-9,12-13H,2-3,10-11H2,1H3,(H,23,24). The summed E-state index contributed by atoms with van der Waals surface area (Å²) in [6.45, 7) is 3.53. The number of benzene rings is 2. The highest BCUT2D eigenvalue weighted by Crippen LogP contribution is 2.31. The predicted octanol–water partition coefficient (Wildman–Crippen LogP) is 4.66. The molecule has 0 aliphatic carbocycles. The van der Waals surface area contributed by atoms with Crippen LogP contribution in [0.25, 0.3) is 10.9 Å². The van der Waals surface area contributed by atoms with Gasteiger partial charge in [0.1, 0.15) is 5.82 Å². The van der Waals surface area contributed by atoms with E-state index >= 15 is 0 Å². The van der Waals surface area contributed by atoms with Crippen LogP contribution in [-0.4, -0.2) is 28.9 Å². The fraction of sp³-hybridized carbons (Fsp3) is 0.238. The molecule has 0 saturated carbocycles. The number of carbonyl (C=O) groups excluding carboxylic acids is 1. The van der Waals surface area contributed by atoms with Crippen molar-refractivity contribution in [3.8, 4) is 0 Å². The molecule has 1 aliphatic rings. The summed E-state index contributed by atoms with van der Waals surface area (Å²) in [5.41, 5.74) is 3.73. The molecule has 5 heteroatoms. The monoisotopic (exact) mass is 349 g/mol. The molecule has 3 aromatic rings. The van der Waals surface area contributed by atoms with Crippen molar-refractivity contribution in [2.24, 2.45) is 0 Å². The van der Waals surface area contributed by atoms with E-state index < -0.39 is 0 Å². The van der Waals surface area contributed by atoms with Gasteiger partial charge in [-0.25, -0.2) is 4.39 Å². The molecule has 4 rings (SSSR count). The molecular formula is C21H20FN3O. The second-order valence-electron chi connectivity index (χ2n) is 6.70. The van der Waals surface area contributed by atoms with Crippen LogP contribution in [0.3, 0.4) is 0 Å². The van der Waals surface area contributed by atoms with E-state index in [-0.39, 0.29) is 11.7 Å². The van der Waals surface area contributed by atoms with Gasteiger partial charge in [0, 0.05) is 30.4 Å². The van der Waals surface area contributed by atoms with Gasteiger partial charge in [0.15, 0.2) is 0 Å². The average molecular weight is 349 g/mol. The van der Waals surface area contributed by atoms with Gasteiger partial charge < -0.3 is 10.2 Å². The number of hydrogen-bond acceptors (Lipinski definition) is 3. The van der Waals surface area contributed by atoms with Crippen molar-refractivity contribution in [2.45, 2.75) is 19.8 Å². The molecule has 0 unspecified atom stereocenters. The average Bonchev–Trinajstić information content (AvgIpc) is 3.18. The lowest BCUT2D eigenvalue weighted by Crippen LogP contribution is -2.28. The largest absolute Gasteiger partial charge is 0.354 e. The molecule has 0 spiro atoms. The highest BCUT2D eigenvalue weighted by Gasteiger charge is 2.24. The third kappa shape index (κ3) is 3.12. The Morgan fingerprint density at radius 1 is 1.12 bits per heavy atom. The van der Waals surface area contributed by atoms with Gasteiger partial charge in [0.05, 0.1) is 16.8 Å². The number of fused-ring (bicyclic) bond motifs is 1. The van der Waals surface area contributed by atoms with Crippen LogP contribution in [0.5, 0.6) is 0 Å². The minimum absolute atomic E-state index is 0.0595. The highest BCUT2D eigenvalue weighted by atomic mass is 19.1. The summed E-state index contributed by atoms with van der Waals surface area (Å²) in [7, 11) is 0. The lowest BCUT2D eigenvalue weighted by Gasteiger charge is -2.19. The number of hydrogen-bond donors (Lipinski definition) is 1. The van der Waals surface area contributed by atoms with Crippen LogP contribution in [-0.2, 0) is 0 Å². The Morgan fingerprint density at radius 3 is 2.58 bits per heavy atom. The topological polar surface area (TPSA) is 45.2 Å². The second kappa shape index (κ2) is 6.75. The molecule has 1 amide bonds. The first-order valence-electron chi connectivity index (χ1n) is 8.83. The van der Waals surface area contributed by atoms with E-state index in [1.165, 1.54) is 12.1 Å². The molecule has 132 valence electrons. The van der Waals surface area contributed by atoms with E-state index in [1.54, 1.807) is 12.3 Å². The number of carbonyl (C=O) groups is 1. The maximum Gasteiger partial charge on any atom is 0.257 e. The lowest BCUT2D eigenvalue weighted by molar-refractivity contribution is 0.0793. The van der Waals surface area contributed by atoms with Crippen molar-refractivity contribution < 1.29 is 9.18 Å². The molecule has 0 bridgehead atoms. The van der Waals surface area contributed by atoms with Gasteiger partial charge in [-0.15, -0.1) is 0 Å². The van der Waals surface area contributed by atoms with E-state index in [1.807, 2.05) is 36.1 Å². The first-order valence-corrected chi connectivity index (χ1v) is 8.83. The summed E-state index contributed by atoms with van der Waals surface area (Å²) in [6, 6.07) is 12.3. The van der Waals surface area contributed by atoms with Gasteiger partial charge in [-0.1, -0.05) is 17.7 Å². The van der Waals surface area contributed by atoms with Gasteiger partial charge in [-0.3, -0.25) is 9.78 Å². The Morgan fingerprint density at radius 2 is 1.85 bits per heavy atom. The van der Waals surface area contributed by atoms with Crippen LogP contribution < -0.4 is 5.32 Å². The fourth-order valence-corrected chi connectivity index (χ4v) is 3.33. The van der Waals surface area contributed by atoms with Crippen LogP contribution in [0.4, 0.5) is 15.8 Å². The molecule has 2 aromatic carbocycles. The number of aromatic nitrogens is 1. The number of rotatable bonds is 3. The number of anilines is 2. The van der Waals surface area contributed by atoms with Crippen molar-refractivity contribution in [3.05, 3.63) is 65.6 Å². The first kappa shape index (κ1) is 16.5. The van der Waals surface area contributed by atoms with Crippen molar-refractivity contribution in [1.82, 2.24) is 9.88 Å². The van der Waals surface area contributed by atoms with E-state index in [2.05, 4.69) is 10.3 Å². The first-order chi connectivity index (χ1) is 12.6. The van der Waals surface area contributed by atoms with Crippen LogP contribution in [0.2, 0.25) is 0 Å². The molecular weight excluding hydrogens is 329 g/mol.